The number of esters is 1. The average molecular weight is 364 g/mol. The van der Waals surface area contributed by atoms with Gasteiger partial charge in [0.2, 0.25) is 6.10 Å². The van der Waals surface area contributed by atoms with Crippen molar-refractivity contribution in [2.75, 3.05) is 7.05 Å². The highest BCUT2D eigenvalue weighted by molar-refractivity contribution is 5.93. The molecule has 0 spiro atoms. The SMILES string of the molecule is CNC(=O)C(OC(=O)c1ccc([N+](=O)[O-])cc1)c1ccc2ccccc2c1. The monoisotopic (exact) mass is 364 g/mol. The molecule has 1 unspecified atom stereocenters. The number of fused-ring (bicyclic) bond motifs is 1. The van der Waals surface area contributed by atoms with Crippen molar-refractivity contribution in [3.8, 4) is 0 Å². The van der Waals surface area contributed by atoms with Crippen LogP contribution in [0.5, 0.6) is 0 Å². The van der Waals surface area contributed by atoms with Crippen LogP contribution in [0.1, 0.15) is 22.0 Å². The highest BCUT2D eigenvalue weighted by Crippen LogP contribution is 2.24. The second-order valence-electron chi connectivity index (χ2n) is 5.81. The third-order valence-corrected chi connectivity index (χ3v) is 4.10. The Kier molecular flexibility index (Phi) is 5.12. The first-order valence-corrected chi connectivity index (χ1v) is 8.15. The van der Waals surface area contributed by atoms with Crippen LogP contribution in [-0.2, 0) is 9.53 Å². The number of nitrogens with one attached hydrogen (secondary N) is 1. The lowest BCUT2D eigenvalue weighted by atomic mass is 10.0. The number of amides is 1. The van der Waals surface area contributed by atoms with E-state index in [1.165, 1.54) is 31.3 Å². The van der Waals surface area contributed by atoms with Gasteiger partial charge in [-0.25, -0.2) is 4.79 Å². The van der Waals surface area contributed by atoms with Gasteiger partial charge in [-0.1, -0.05) is 36.4 Å². The van der Waals surface area contributed by atoms with E-state index in [4.69, 9.17) is 4.74 Å². The maximum absolute atomic E-state index is 12.4. The predicted octanol–water partition coefficient (Wildman–Crippen LogP) is 3.39. The highest BCUT2D eigenvalue weighted by Gasteiger charge is 2.25. The molecule has 0 aliphatic carbocycles. The largest absolute Gasteiger partial charge is 0.444 e. The van der Waals surface area contributed by atoms with Crippen molar-refractivity contribution in [2.45, 2.75) is 6.10 Å². The summed E-state index contributed by atoms with van der Waals surface area (Å²) in [5.74, 6) is -1.22. The van der Waals surface area contributed by atoms with Gasteiger partial charge in [-0.2, -0.15) is 0 Å². The van der Waals surface area contributed by atoms with Gasteiger partial charge in [-0.05, 0) is 29.0 Å². The number of carbonyl (C=O) groups excluding carboxylic acids is 2. The topological polar surface area (TPSA) is 98.5 Å². The van der Waals surface area contributed by atoms with Gasteiger partial charge in [-0.3, -0.25) is 14.9 Å². The van der Waals surface area contributed by atoms with Crippen molar-refractivity contribution in [2.24, 2.45) is 0 Å². The van der Waals surface area contributed by atoms with Gasteiger partial charge in [-0.15, -0.1) is 0 Å². The number of ether oxygens (including phenoxy) is 1. The summed E-state index contributed by atoms with van der Waals surface area (Å²) in [7, 11) is 1.45. The predicted molar refractivity (Wildman–Crippen MR) is 99.3 cm³/mol. The third kappa shape index (κ3) is 3.92. The molecule has 3 aromatic rings. The maximum atomic E-state index is 12.4. The summed E-state index contributed by atoms with van der Waals surface area (Å²) in [6.45, 7) is 0. The van der Waals surface area contributed by atoms with E-state index in [9.17, 15) is 19.7 Å². The Bertz CT molecular complexity index is 1010. The zero-order valence-corrected chi connectivity index (χ0v) is 14.4. The van der Waals surface area contributed by atoms with Gasteiger partial charge in [0.05, 0.1) is 10.5 Å². The number of hydrogen-bond donors (Lipinski definition) is 1. The molecule has 0 aromatic heterocycles. The summed E-state index contributed by atoms with van der Waals surface area (Å²) >= 11 is 0. The molecule has 136 valence electrons. The number of nitrogens with zero attached hydrogens (tertiary/aromatic N) is 1. The fourth-order valence-electron chi connectivity index (χ4n) is 2.67. The molecule has 0 aliphatic rings. The maximum Gasteiger partial charge on any atom is 0.339 e. The van der Waals surface area contributed by atoms with E-state index < -0.39 is 22.9 Å². The molecule has 1 N–H and O–H groups in total. The van der Waals surface area contributed by atoms with Gasteiger partial charge in [0, 0.05) is 24.7 Å². The number of nitro benzene ring substituents is 1. The first kappa shape index (κ1) is 18.1. The summed E-state index contributed by atoms with van der Waals surface area (Å²) in [5, 5.41) is 15.1. The smallest absolute Gasteiger partial charge is 0.339 e. The van der Waals surface area contributed by atoms with E-state index in [0.29, 0.717) is 5.56 Å². The van der Waals surface area contributed by atoms with Crippen LogP contribution in [0.15, 0.2) is 66.7 Å². The fraction of sp³-hybridized carbons (Fsp3) is 0.100. The van der Waals surface area contributed by atoms with Crippen LogP contribution in [0, 0.1) is 10.1 Å². The molecule has 0 saturated carbocycles. The zero-order chi connectivity index (χ0) is 19.4. The molecule has 0 bridgehead atoms. The number of non-ortho nitro benzene ring substituents is 1. The normalized spacial score (nSPS) is 11.6. The van der Waals surface area contributed by atoms with Crippen LogP contribution in [0.4, 0.5) is 5.69 Å². The Morgan fingerprint density at radius 1 is 1.00 bits per heavy atom. The van der Waals surface area contributed by atoms with Crippen molar-refractivity contribution in [1.82, 2.24) is 5.32 Å². The number of rotatable bonds is 5. The molecule has 7 nitrogen and oxygen atoms in total. The molecule has 1 amide bonds. The van der Waals surface area contributed by atoms with Crippen LogP contribution >= 0.6 is 0 Å². The molecule has 7 heteroatoms. The number of likely N-dealkylation sites (N-methyl/N-ethyl adjacent to an activating group) is 1. The number of nitro groups is 1. The van der Waals surface area contributed by atoms with Crippen molar-refractivity contribution >= 4 is 28.3 Å². The Labute approximate surface area is 154 Å². The molecule has 0 heterocycles. The van der Waals surface area contributed by atoms with Crippen LogP contribution in [0.3, 0.4) is 0 Å². The molecule has 0 radical (unpaired) electrons. The van der Waals surface area contributed by atoms with Gasteiger partial charge in [0.1, 0.15) is 0 Å². The minimum Gasteiger partial charge on any atom is -0.444 e. The molecular weight excluding hydrogens is 348 g/mol. The standard InChI is InChI=1S/C20H16N2O5/c1-21-19(23)18(16-7-6-13-4-2-3-5-15(13)12-16)27-20(24)14-8-10-17(11-9-14)22(25)26/h2-12,18H,1H3,(H,21,23). The molecule has 0 aliphatic heterocycles. The lowest BCUT2D eigenvalue weighted by molar-refractivity contribution is -0.384. The van der Waals surface area contributed by atoms with Crippen molar-refractivity contribution in [1.29, 1.82) is 0 Å². The first-order valence-electron chi connectivity index (χ1n) is 8.15. The van der Waals surface area contributed by atoms with Gasteiger partial charge >= 0.3 is 5.97 Å². The van der Waals surface area contributed by atoms with Gasteiger partial charge < -0.3 is 10.1 Å². The second-order valence-corrected chi connectivity index (χ2v) is 5.81. The molecule has 0 saturated heterocycles. The van der Waals surface area contributed by atoms with E-state index in [1.54, 1.807) is 12.1 Å². The number of carbonyl (C=O) groups is 2. The van der Waals surface area contributed by atoms with Crippen molar-refractivity contribution < 1.29 is 19.2 Å². The zero-order valence-electron chi connectivity index (χ0n) is 14.4. The lowest BCUT2D eigenvalue weighted by Crippen LogP contribution is -2.29. The average Bonchev–Trinajstić information content (AvgIpc) is 2.71. The van der Waals surface area contributed by atoms with Gasteiger partial charge in [0.25, 0.3) is 11.6 Å². The van der Waals surface area contributed by atoms with E-state index >= 15 is 0 Å². The number of benzene rings is 3. The third-order valence-electron chi connectivity index (χ3n) is 4.10. The van der Waals surface area contributed by atoms with Crippen LogP contribution in [-0.4, -0.2) is 23.8 Å². The minimum atomic E-state index is -1.14. The molecule has 27 heavy (non-hydrogen) atoms. The summed E-state index contributed by atoms with van der Waals surface area (Å²) < 4.78 is 5.40. The quantitative estimate of drug-likeness (QED) is 0.425. The molecule has 1 atom stereocenters. The second kappa shape index (κ2) is 7.65. The minimum absolute atomic E-state index is 0.121. The Hall–Kier alpha value is -3.74. The fourth-order valence-corrected chi connectivity index (χ4v) is 2.67. The first-order chi connectivity index (χ1) is 13.0. The van der Waals surface area contributed by atoms with Crippen LogP contribution in [0.25, 0.3) is 10.8 Å². The Balaban J connectivity index is 1.89. The summed E-state index contributed by atoms with van der Waals surface area (Å²) in [4.78, 5) is 34.9. The molecule has 3 rings (SSSR count). The Morgan fingerprint density at radius 3 is 2.30 bits per heavy atom. The Morgan fingerprint density at radius 2 is 1.67 bits per heavy atom. The van der Waals surface area contributed by atoms with Crippen LogP contribution in [0.2, 0.25) is 0 Å². The van der Waals surface area contributed by atoms with E-state index in [1.807, 2.05) is 30.3 Å². The molecule has 3 aromatic carbocycles. The van der Waals surface area contributed by atoms with E-state index in [2.05, 4.69) is 5.32 Å². The summed E-state index contributed by atoms with van der Waals surface area (Å²) in [5.41, 5.74) is 0.516. The molecular formula is C20H16N2O5. The van der Waals surface area contributed by atoms with Gasteiger partial charge in [0.15, 0.2) is 0 Å². The lowest BCUT2D eigenvalue weighted by Gasteiger charge is -2.17. The van der Waals surface area contributed by atoms with Crippen molar-refractivity contribution in [3.63, 3.8) is 0 Å². The summed E-state index contributed by atoms with van der Waals surface area (Å²) in [6.07, 6.45) is -1.14. The number of hydrogen-bond acceptors (Lipinski definition) is 5. The molecule has 0 fully saturated rings. The van der Waals surface area contributed by atoms with Crippen molar-refractivity contribution in [3.05, 3.63) is 88.0 Å². The highest BCUT2D eigenvalue weighted by atomic mass is 16.6. The van der Waals surface area contributed by atoms with E-state index in [0.717, 1.165) is 10.8 Å². The summed E-state index contributed by atoms with van der Waals surface area (Å²) in [6, 6.07) is 18.0. The van der Waals surface area contributed by atoms with E-state index in [-0.39, 0.29) is 11.3 Å². The van der Waals surface area contributed by atoms with Crippen LogP contribution < -0.4 is 5.32 Å².